The number of aromatic nitrogens is 1. The van der Waals surface area contributed by atoms with Crippen molar-refractivity contribution in [1.82, 2.24) is 9.88 Å². The maximum atomic E-state index is 9.86. The van der Waals surface area contributed by atoms with Gasteiger partial charge < -0.3 is 15.0 Å². The number of nitrogens with zero attached hydrogens (tertiary/aromatic N) is 1. The number of aryl methyl sites for hydroxylation is 1. The van der Waals surface area contributed by atoms with Crippen molar-refractivity contribution in [3.63, 3.8) is 0 Å². The minimum Gasteiger partial charge on any atom is -0.506 e. The molecule has 1 aliphatic carbocycles. The summed E-state index contributed by atoms with van der Waals surface area (Å²) >= 11 is 0. The summed E-state index contributed by atoms with van der Waals surface area (Å²) in [6.07, 6.45) is 3.96. The second-order valence-corrected chi connectivity index (χ2v) is 4.92. The molecule has 0 spiro atoms. The van der Waals surface area contributed by atoms with Crippen molar-refractivity contribution in [2.75, 3.05) is 0 Å². The molecule has 1 fully saturated rings. The highest BCUT2D eigenvalue weighted by atomic mass is 16.3. The smallest absolute Gasteiger partial charge is 0.139 e. The van der Waals surface area contributed by atoms with Crippen LogP contribution in [0.2, 0.25) is 0 Å². The molecule has 0 atom stereocenters. The molecule has 3 nitrogen and oxygen atoms in total. The van der Waals surface area contributed by atoms with E-state index in [1.54, 1.807) is 6.07 Å². The van der Waals surface area contributed by atoms with Crippen molar-refractivity contribution in [1.29, 1.82) is 0 Å². The molecule has 0 unspecified atom stereocenters. The molecule has 0 saturated heterocycles. The number of aromatic hydroxyl groups is 1. The summed E-state index contributed by atoms with van der Waals surface area (Å²) in [4.78, 5) is 0. The number of rotatable bonds is 3. The van der Waals surface area contributed by atoms with E-state index in [0.29, 0.717) is 11.8 Å². The summed E-state index contributed by atoms with van der Waals surface area (Å²) in [6, 6.07) is 8.52. The number of benzene rings is 1. The molecule has 3 rings (SSSR count). The monoisotopic (exact) mass is 230 g/mol. The average molecular weight is 230 g/mol. The third kappa shape index (κ3) is 1.80. The first-order valence-corrected chi connectivity index (χ1v) is 6.25. The molecule has 1 heterocycles. The molecule has 1 saturated carbocycles. The van der Waals surface area contributed by atoms with Gasteiger partial charge in [-0.05, 0) is 25.0 Å². The Morgan fingerprint density at radius 1 is 1.41 bits per heavy atom. The molecule has 17 heavy (non-hydrogen) atoms. The Kier molecular flexibility index (Phi) is 2.56. The second-order valence-electron chi connectivity index (χ2n) is 4.92. The lowest BCUT2D eigenvalue weighted by atomic mass is 9.93. The number of fused-ring (bicyclic) bond motifs is 1. The van der Waals surface area contributed by atoms with Crippen LogP contribution in [0.3, 0.4) is 0 Å². The van der Waals surface area contributed by atoms with E-state index in [2.05, 4.69) is 16.0 Å². The molecule has 0 amide bonds. The van der Waals surface area contributed by atoms with Crippen LogP contribution >= 0.6 is 0 Å². The van der Waals surface area contributed by atoms with E-state index in [4.69, 9.17) is 0 Å². The molecular formula is C14H18N2O. The summed E-state index contributed by atoms with van der Waals surface area (Å²) in [5.41, 5.74) is 2.16. The summed E-state index contributed by atoms with van der Waals surface area (Å²) < 4.78 is 2.08. The fourth-order valence-corrected chi connectivity index (χ4v) is 2.48. The van der Waals surface area contributed by atoms with Crippen LogP contribution in [0.15, 0.2) is 24.3 Å². The number of para-hydroxylation sites is 1. The van der Waals surface area contributed by atoms with Crippen molar-refractivity contribution in [2.24, 2.45) is 7.05 Å². The molecule has 2 aromatic rings. The lowest BCUT2D eigenvalue weighted by molar-refractivity contribution is 0.336. The van der Waals surface area contributed by atoms with E-state index >= 15 is 0 Å². The maximum Gasteiger partial charge on any atom is 0.139 e. The molecule has 1 aromatic carbocycles. The molecule has 90 valence electrons. The third-order valence-corrected chi connectivity index (χ3v) is 3.81. The van der Waals surface area contributed by atoms with Gasteiger partial charge >= 0.3 is 0 Å². The highest BCUT2D eigenvalue weighted by Crippen LogP contribution is 2.27. The first-order valence-electron chi connectivity index (χ1n) is 6.25. The first kappa shape index (κ1) is 10.7. The fraction of sp³-hybridized carbons (Fsp3) is 0.429. The van der Waals surface area contributed by atoms with Crippen LogP contribution in [0.25, 0.3) is 10.9 Å². The lowest BCUT2D eigenvalue weighted by Crippen LogP contribution is -2.34. The van der Waals surface area contributed by atoms with Crippen molar-refractivity contribution in [3.05, 3.63) is 30.0 Å². The Hall–Kier alpha value is -1.48. The van der Waals surface area contributed by atoms with E-state index in [1.165, 1.54) is 25.0 Å². The zero-order chi connectivity index (χ0) is 11.8. The van der Waals surface area contributed by atoms with E-state index in [-0.39, 0.29) is 0 Å². The van der Waals surface area contributed by atoms with Gasteiger partial charge in [-0.15, -0.1) is 0 Å². The van der Waals surface area contributed by atoms with E-state index in [0.717, 1.165) is 17.4 Å². The second kappa shape index (κ2) is 4.08. The molecule has 0 radical (unpaired) electrons. The Bertz CT molecular complexity index is 540. The highest BCUT2D eigenvalue weighted by molar-refractivity contribution is 5.86. The van der Waals surface area contributed by atoms with Crippen LogP contribution in [-0.4, -0.2) is 15.7 Å². The quantitative estimate of drug-likeness (QED) is 0.850. The molecule has 0 bridgehead atoms. The predicted octanol–water partition coefficient (Wildman–Crippen LogP) is 2.53. The third-order valence-electron chi connectivity index (χ3n) is 3.81. The Morgan fingerprint density at radius 3 is 2.88 bits per heavy atom. The average Bonchev–Trinajstić information content (AvgIpc) is 2.55. The maximum absolute atomic E-state index is 9.86. The number of phenols is 1. The number of hydrogen-bond donors (Lipinski definition) is 2. The summed E-state index contributed by atoms with van der Waals surface area (Å²) in [5.74, 6) is 0.361. The van der Waals surface area contributed by atoms with Crippen molar-refractivity contribution in [3.8, 4) is 5.75 Å². The molecule has 1 aliphatic rings. The zero-order valence-electron chi connectivity index (χ0n) is 10.1. The summed E-state index contributed by atoms with van der Waals surface area (Å²) in [5, 5.41) is 14.5. The van der Waals surface area contributed by atoms with Crippen molar-refractivity contribution in [2.45, 2.75) is 31.8 Å². The van der Waals surface area contributed by atoms with Crippen LogP contribution in [0.4, 0.5) is 0 Å². The minimum atomic E-state index is 0.361. The van der Waals surface area contributed by atoms with Gasteiger partial charge in [0.2, 0.25) is 0 Å². The summed E-state index contributed by atoms with van der Waals surface area (Å²) in [7, 11) is 2.01. The van der Waals surface area contributed by atoms with Crippen LogP contribution in [0.5, 0.6) is 5.75 Å². The van der Waals surface area contributed by atoms with Gasteiger partial charge in [-0.25, -0.2) is 0 Å². The van der Waals surface area contributed by atoms with Gasteiger partial charge in [-0.2, -0.15) is 0 Å². The van der Waals surface area contributed by atoms with Gasteiger partial charge in [0.1, 0.15) is 5.75 Å². The number of phenolic OH excluding ortho intramolecular Hbond substituents is 1. The zero-order valence-corrected chi connectivity index (χ0v) is 10.1. The van der Waals surface area contributed by atoms with Gasteiger partial charge in [0.05, 0.1) is 5.52 Å². The molecule has 3 heteroatoms. The molecular weight excluding hydrogens is 212 g/mol. The van der Waals surface area contributed by atoms with E-state index in [9.17, 15) is 5.11 Å². The van der Waals surface area contributed by atoms with Crippen molar-refractivity contribution < 1.29 is 5.11 Å². The first-order chi connectivity index (χ1) is 8.25. The highest BCUT2D eigenvalue weighted by Gasteiger charge is 2.17. The van der Waals surface area contributed by atoms with Gasteiger partial charge in [0.25, 0.3) is 0 Å². The minimum absolute atomic E-state index is 0.361. The molecule has 1 aromatic heterocycles. The van der Waals surface area contributed by atoms with Crippen LogP contribution in [0, 0.1) is 0 Å². The number of nitrogens with one attached hydrogen (secondary N) is 1. The SMILES string of the molecule is Cn1c(CNC2CCC2)cc2cccc(O)c21. The van der Waals surface area contributed by atoms with Gasteiger partial charge in [0, 0.05) is 30.7 Å². The van der Waals surface area contributed by atoms with Gasteiger partial charge in [0.15, 0.2) is 0 Å². The topological polar surface area (TPSA) is 37.2 Å². The van der Waals surface area contributed by atoms with E-state index in [1.807, 2.05) is 19.2 Å². The molecule has 2 N–H and O–H groups in total. The van der Waals surface area contributed by atoms with Gasteiger partial charge in [-0.1, -0.05) is 18.6 Å². The van der Waals surface area contributed by atoms with Crippen molar-refractivity contribution >= 4 is 10.9 Å². The van der Waals surface area contributed by atoms with Crippen LogP contribution in [0.1, 0.15) is 25.0 Å². The van der Waals surface area contributed by atoms with Crippen LogP contribution in [-0.2, 0) is 13.6 Å². The lowest BCUT2D eigenvalue weighted by Gasteiger charge is -2.26. The Balaban J connectivity index is 1.88. The molecule has 0 aliphatic heterocycles. The fourth-order valence-electron chi connectivity index (χ4n) is 2.48. The summed E-state index contributed by atoms with van der Waals surface area (Å²) in [6.45, 7) is 0.884. The standard InChI is InChI=1S/C14H18N2O/c1-16-12(9-15-11-5-3-6-11)8-10-4-2-7-13(17)14(10)16/h2,4,7-8,11,15,17H,3,5-6,9H2,1H3. The predicted molar refractivity (Wildman–Crippen MR) is 69.1 cm³/mol. The normalized spacial score (nSPS) is 16.3. The Labute approximate surface area is 101 Å². The Morgan fingerprint density at radius 2 is 2.24 bits per heavy atom. The van der Waals surface area contributed by atoms with Gasteiger partial charge in [-0.3, -0.25) is 0 Å². The van der Waals surface area contributed by atoms with Crippen LogP contribution < -0.4 is 5.32 Å². The van der Waals surface area contributed by atoms with E-state index < -0.39 is 0 Å². The number of hydrogen-bond acceptors (Lipinski definition) is 2. The largest absolute Gasteiger partial charge is 0.506 e.